The van der Waals surface area contributed by atoms with Crippen molar-refractivity contribution in [2.24, 2.45) is 0 Å². The molecule has 0 aliphatic heterocycles. The number of carbonyl (C=O) groups is 4. The number of benzene rings is 2. The summed E-state index contributed by atoms with van der Waals surface area (Å²) in [6, 6.07) is 10.1. The van der Waals surface area contributed by atoms with Gasteiger partial charge in [0.2, 0.25) is 5.91 Å². The lowest BCUT2D eigenvalue weighted by Gasteiger charge is -2.20. The number of amides is 2. The van der Waals surface area contributed by atoms with Crippen molar-refractivity contribution in [3.63, 3.8) is 0 Å². The number of carboxylic acids is 1. The van der Waals surface area contributed by atoms with Crippen molar-refractivity contribution >= 4 is 35.3 Å². The van der Waals surface area contributed by atoms with Gasteiger partial charge in [0.05, 0.1) is 0 Å². The van der Waals surface area contributed by atoms with Crippen molar-refractivity contribution < 1.29 is 24.3 Å². The maximum absolute atomic E-state index is 13.1. The summed E-state index contributed by atoms with van der Waals surface area (Å²) in [7, 11) is 0. The number of hydrogen-bond donors (Lipinski definition) is 3. The lowest BCUT2D eigenvalue weighted by Crippen LogP contribution is -2.51. The molecular formula is C22H22N2O5S. The van der Waals surface area contributed by atoms with E-state index >= 15 is 0 Å². The summed E-state index contributed by atoms with van der Waals surface area (Å²) in [5.74, 6) is -1.73. The van der Waals surface area contributed by atoms with E-state index in [1.165, 1.54) is 18.7 Å². The van der Waals surface area contributed by atoms with Gasteiger partial charge in [0.1, 0.15) is 12.1 Å². The Hall–Kier alpha value is -3.13. The molecule has 2 atom stereocenters. The van der Waals surface area contributed by atoms with Crippen LogP contribution in [0.3, 0.4) is 0 Å². The molecule has 0 saturated heterocycles. The summed E-state index contributed by atoms with van der Waals surface area (Å²) in [6.45, 7) is 1.36. The lowest BCUT2D eigenvalue weighted by atomic mass is 9.98. The van der Waals surface area contributed by atoms with Crippen LogP contribution in [0.4, 0.5) is 0 Å². The molecule has 0 fully saturated rings. The van der Waals surface area contributed by atoms with E-state index in [1.807, 2.05) is 6.26 Å². The molecular weight excluding hydrogens is 404 g/mol. The number of ketones is 1. The Bertz CT molecular complexity index is 1020. The number of hydrogen-bond acceptors (Lipinski definition) is 5. The SMILES string of the molecule is CSCCC(NC(=O)c1cccc2c1-c1ccccc1C2=O)C(=O)NC(C)C(=O)O. The molecule has 156 valence electrons. The Labute approximate surface area is 178 Å². The standard InChI is InChI=1S/C22H22N2O5S/c1-12(22(28)29)23-21(27)17(10-11-30-2)24-20(26)16-9-5-8-15-18(16)13-6-3-4-7-14(13)19(15)25/h3-9,12,17H,10-11H2,1-2H3,(H,23,27)(H,24,26)(H,28,29). The molecule has 0 bridgehead atoms. The lowest BCUT2D eigenvalue weighted by molar-refractivity contribution is -0.141. The molecule has 7 nitrogen and oxygen atoms in total. The molecule has 2 aromatic rings. The first-order valence-corrected chi connectivity index (χ1v) is 10.8. The normalized spacial score (nSPS) is 13.7. The number of carboxylic acid groups (broad SMARTS) is 1. The Kier molecular flexibility index (Phi) is 6.56. The summed E-state index contributed by atoms with van der Waals surface area (Å²) in [4.78, 5) is 49.4. The molecule has 3 N–H and O–H groups in total. The van der Waals surface area contributed by atoms with Crippen LogP contribution in [0.15, 0.2) is 42.5 Å². The summed E-state index contributed by atoms with van der Waals surface area (Å²) in [5, 5.41) is 14.2. The molecule has 8 heteroatoms. The molecule has 2 unspecified atom stereocenters. The first-order valence-electron chi connectivity index (χ1n) is 9.45. The van der Waals surface area contributed by atoms with E-state index in [1.54, 1.807) is 42.5 Å². The van der Waals surface area contributed by atoms with E-state index in [9.17, 15) is 19.2 Å². The number of thioether (sulfide) groups is 1. The van der Waals surface area contributed by atoms with Crippen LogP contribution in [0, 0.1) is 0 Å². The highest BCUT2D eigenvalue weighted by atomic mass is 32.2. The van der Waals surface area contributed by atoms with Crippen molar-refractivity contribution in [3.8, 4) is 11.1 Å². The Morgan fingerprint density at radius 1 is 1.00 bits per heavy atom. The maximum Gasteiger partial charge on any atom is 0.325 e. The molecule has 0 radical (unpaired) electrons. The van der Waals surface area contributed by atoms with Crippen molar-refractivity contribution in [2.75, 3.05) is 12.0 Å². The first kappa shape index (κ1) is 21.6. The summed E-state index contributed by atoms with van der Waals surface area (Å²) < 4.78 is 0. The van der Waals surface area contributed by atoms with Crippen LogP contribution in [0.25, 0.3) is 11.1 Å². The van der Waals surface area contributed by atoms with Crippen LogP contribution in [0.1, 0.15) is 39.6 Å². The zero-order valence-corrected chi connectivity index (χ0v) is 17.4. The van der Waals surface area contributed by atoms with Crippen LogP contribution in [-0.2, 0) is 9.59 Å². The van der Waals surface area contributed by atoms with Gasteiger partial charge in [0, 0.05) is 22.3 Å². The molecule has 2 amide bonds. The van der Waals surface area contributed by atoms with Gasteiger partial charge in [-0.1, -0.05) is 36.4 Å². The van der Waals surface area contributed by atoms with Crippen molar-refractivity contribution in [1.29, 1.82) is 0 Å². The number of nitrogens with one attached hydrogen (secondary N) is 2. The van der Waals surface area contributed by atoms with Gasteiger partial charge in [-0.3, -0.25) is 19.2 Å². The third kappa shape index (κ3) is 4.23. The van der Waals surface area contributed by atoms with Crippen LogP contribution in [0.2, 0.25) is 0 Å². The van der Waals surface area contributed by atoms with Gasteiger partial charge in [-0.15, -0.1) is 0 Å². The van der Waals surface area contributed by atoms with E-state index in [2.05, 4.69) is 10.6 Å². The fourth-order valence-electron chi connectivity index (χ4n) is 3.38. The molecule has 0 spiro atoms. The first-order chi connectivity index (χ1) is 14.3. The third-order valence-corrected chi connectivity index (χ3v) is 5.60. The minimum absolute atomic E-state index is 0.137. The predicted molar refractivity (Wildman–Crippen MR) is 115 cm³/mol. The zero-order chi connectivity index (χ0) is 21.8. The van der Waals surface area contributed by atoms with Gasteiger partial charge < -0.3 is 15.7 Å². The summed E-state index contributed by atoms with van der Waals surface area (Å²) >= 11 is 1.51. The average Bonchev–Trinajstić information content (AvgIpc) is 3.03. The second-order valence-electron chi connectivity index (χ2n) is 6.98. The fraction of sp³-hybridized carbons (Fsp3) is 0.273. The Balaban J connectivity index is 1.89. The molecule has 1 aliphatic rings. The van der Waals surface area contributed by atoms with Crippen LogP contribution >= 0.6 is 11.8 Å². The monoisotopic (exact) mass is 426 g/mol. The van der Waals surface area contributed by atoms with Crippen molar-refractivity contribution in [3.05, 3.63) is 59.2 Å². The van der Waals surface area contributed by atoms with E-state index in [0.717, 1.165) is 0 Å². The highest BCUT2D eigenvalue weighted by molar-refractivity contribution is 7.98. The fourth-order valence-corrected chi connectivity index (χ4v) is 3.85. The van der Waals surface area contributed by atoms with E-state index in [0.29, 0.717) is 40.0 Å². The molecule has 2 aromatic carbocycles. The van der Waals surface area contributed by atoms with E-state index < -0.39 is 29.9 Å². The van der Waals surface area contributed by atoms with Crippen LogP contribution < -0.4 is 10.6 Å². The van der Waals surface area contributed by atoms with E-state index in [-0.39, 0.29) is 5.78 Å². The van der Waals surface area contributed by atoms with Gasteiger partial charge in [0.25, 0.3) is 5.91 Å². The van der Waals surface area contributed by atoms with Crippen molar-refractivity contribution in [1.82, 2.24) is 10.6 Å². The number of carbonyl (C=O) groups excluding carboxylic acids is 3. The number of rotatable bonds is 8. The minimum Gasteiger partial charge on any atom is -0.480 e. The maximum atomic E-state index is 13.1. The number of aliphatic carboxylic acids is 1. The predicted octanol–water partition coefficient (Wildman–Crippen LogP) is 2.34. The molecule has 3 rings (SSSR count). The number of fused-ring (bicyclic) bond motifs is 3. The van der Waals surface area contributed by atoms with Crippen LogP contribution in [0.5, 0.6) is 0 Å². The topological polar surface area (TPSA) is 113 Å². The smallest absolute Gasteiger partial charge is 0.325 e. The highest BCUT2D eigenvalue weighted by Crippen LogP contribution is 2.38. The Morgan fingerprint density at radius 3 is 2.33 bits per heavy atom. The average molecular weight is 426 g/mol. The summed E-state index contributed by atoms with van der Waals surface area (Å²) in [6.07, 6.45) is 2.22. The minimum atomic E-state index is -1.16. The summed E-state index contributed by atoms with van der Waals surface area (Å²) in [5.41, 5.74) is 2.54. The quantitative estimate of drug-likeness (QED) is 0.510. The molecule has 0 aromatic heterocycles. The van der Waals surface area contributed by atoms with Crippen LogP contribution in [-0.4, -0.2) is 52.8 Å². The Morgan fingerprint density at radius 2 is 1.67 bits per heavy atom. The van der Waals surface area contributed by atoms with E-state index in [4.69, 9.17) is 5.11 Å². The molecule has 0 saturated carbocycles. The largest absolute Gasteiger partial charge is 0.480 e. The third-order valence-electron chi connectivity index (χ3n) is 4.96. The molecule has 0 heterocycles. The van der Waals surface area contributed by atoms with Gasteiger partial charge >= 0.3 is 5.97 Å². The van der Waals surface area contributed by atoms with Gasteiger partial charge in [-0.2, -0.15) is 11.8 Å². The molecule has 1 aliphatic carbocycles. The second-order valence-corrected chi connectivity index (χ2v) is 7.96. The highest BCUT2D eigenvalue weighted by Gasteiger charge is 2.31. The second kappa shape index (κ2) is 9.13. The van der Waals surface area contributed by atoms with Crippen molar-refractivity contribution in [2.45, 2.75) is 25.4 Å². The van der Waals surface area contributed by atoms with Gasteiger partial charge in [0.15, 0.2) is 5.78 Å². The molecule has 30 heavy (non-hydrogen) atoms. The van der Waals surface area contributed by atoms with Gasteiger partial charge in [-0.25, -0.2) is 0 Å². The van der Waals surface area contributed by atoms with Gasteiger partial charge in [-0.05, 0) is 37.0 Å². The zero-order valence-electron chi connectivity index (χ0n) is 16.6.